The lowest BCUT2D eigenvalue weighted by Crippen LogP contribution is -2.38. The summed E-state index contributed by atoms with van der Waals surface area (Å²) in [5.74, 6) is 1.20. The Morgan fingerprint density at radius 1 is 0.967 bits per heavy atom. The summed E-state index contributed by atoms with van der Waals surface area (Å²) < 4.78 is 0. The molecule has 0 unspecified atom stereocenters. The van der Waals surface area contributed by atoms with Gasteiger partial charge in [-0.3, -0.25) is 14.5 Å². The van der Waals surface area contributed by atoms with Crippen LogP contribution in [0.5, 0.6) is 0 Å². The molecule has 2 aromatic carbocycles. The third-order valence-corrected chi connectivity index (χ3v) is 5.61. The van der Waals surface area contributed by atoms with Gasteiger partial charge in [-0.15, -0.1) is 0 Å². The molecule has 2 amide bonds. The molecule has 30 heavy (non-hydrogen) atoms. The van der Waals surface area contributed by atoms with Gasteiger partial charge in [0.25, 0.3) is 5.91 Å². The lowest BCUT2D eigenvalue weighted by Gasteiger charge is -2.35. The third-order valence-electron chi connectivity index (χ3n) is 5.61. The molecule has 5 heteroatoms. The Bertz CT molecular complexity index is 825. The third kappa shape index (κ3) is 6.42. The first-order valence-corrected chi connectivity index (χ1v) is 10.8. The number of hydrogen-bond acceptors (Lipinski definition) is 3. The molecule has 2 aromatic rings. The summed E-state index contributed by atoms with van der Waals surface area (Å²) in [7, 11) is 1.64. The van der Waals surface area contributed by atoms with E-state index in [1.165, 1.54) is 16.9 Å². The van der Waals surface area contributed by atoms with Crippen LogP contribution in [-0.2, 0) is 17.9 Å². The van der Waals surface area contributed by atoms with Crippen molar-refractivity contribution < 1.29 is 9.59 Å². The van der Waals surface area contributed by atoms with E-state index in [-0.39, 0.29) is 18.4 Å². The van der Waals surface area contributed by atoms with Crippen LogP contribution in [0.25, 0.3) is 0 Å². The zero-order chi connectivity index (χ0) is 21.5. The number of carbonyl (C=O) groups excluding carboxylic acids is 2. The Morgan fingerprint density at radius 3 is 2.20 bits per heavy atom. The number of likely N-dealkylation sites (N-methyl/N-ethyl adjacent to an activating group) is 1. The number of amides is 2. The zero-order valence-electron chi connectivity index (χ0n) is 18.3. The zero-order valence-corrected chi connectivity index (χ0v) is 18.3. The van der Waals surface area contributed by atoms with Crippen LogP contribution in [0.4, 0.5) is 0 Å². The number of nitrogens with zero attached hydrogens (tertiary/aromatic N) is 2. The minimum atomic E-state index is -0.165. The van der Waals surface area contributed by atoms with E-state index in [2.05, 4.69) is 48.3 Å². The highest BCUT2D eigenvalue weighted by Crippen LogP contribution is 2.22. The molecule has 1 aliphatic rings. The van der Waals surface area contributed by atoms with Crippen molar-refractivity contribution >= 4 is 11.8 Å². The van der Waals surface area contributed by atoms with E-state index in [1.54, 1.807) is 19.2 Å². The van der Waals surface area contributed by atoms with E-state index in [0.29, 0.717) is 12.1 Å². The summed E-state index contributed by atoms with van der Waals surface area (Å²) in [6.45, 7) is 8.47. The summed E-state index contributed by atoms with van der Waals surface area (Å²) in [5.41, 5.74) is 2.95. The van der Waals surface area contributed by atoms with Crippen LogP contribution in [0.1, 0.15) is 41.8 Å². The minimum Gasteiger partial charge on any atom is -0.350 e. The number of piperidine rings is 1. The monoisotopic (exact) mass is 407 g/mol. The summed E-state index contributed by atoms with van der Waals surface area (Å²) in [6.07, 6.45) is 1.32. The first kappa shape index (κ1) is 22.0. The second kappa shape index (κ2) is 10.4. The van der Waals surface area contributed by atoms with Crippen LogP contribution < -0.4 is 5.32 Å². The van der Waals surface area contributed by atoms with Gasteiger partial charge in [0, 0.05) is 38.8 Å². The van der Waals surface area contributed by atoms with Gasteiger partial charge in [-0.05, 0) is 41.5 Å². The number of nitrogens with one attached hydrogen (secondary N) is 1. The van der Waals surface area contributed by atoms with Gasteiger partial charge in [0.1, 0.15) is 0 Å². The maximum absolute atomic E-state index is 12.3. The van der Waals surface area contributed by atoms with Gasteiger partial charge < -0.3 is 10.2 Å². The fourth-order valence-electron chi connectivity index (χ4n) is 4.29. The molecule has 2 atom stereocenters. The van der Waals surface area contributed by atoms with Crippen molar-refractivity contribution in [1.29, 1.82) is 0 Å². The predicted octanol–water partition coefficient (Wildman–Crippen LogP) is 3.55. The summed E-state index contributed by atoms with van der Waals surface area (Å²) in [4.78, 5) is 28.6. The molecule has 0 radical (unpaired) electrons. The van der Waals surface area contributed by atoms with Gasteiger partial charge in [-0.25, -0.2) is 0 Å². The lowest BCUT2D eigenvalue weighted by molar-refractivity contribution is -0.121. The smallest absolute Gasteiger partial charge is 0.254 e. The van der Waals surface area contributed by atoms with Gasteiger partial charge in [-0.1, -0.05) is 56.3 Å². The van der Waals surface area contributed by atoms with Crippen LogP contribution >= 0.6 is 0 Å². The van der Waals surface area contributed by atoms with Crippen molar-refractivity contribution in [1.82, 2.24) is 15.1 Å². The summed E-state index contributed by atoms with van der Waals surface area (Å²) in [6, 6.07) is 17.5. The first-order valence-electron chi connectivity index (χ1n) is 10.8. The largest absolute Gasteiger partial charge is 0.350 e. The van der Waals surface area contributed by atoms with E-state index in [9.17, 15) is 9.59 Å². The molecule has 160 valence electrons. The van der Waals surface area contributed by atoms with Crippen molar-refractivity contribution in [3.8, 4) is 0 Å². The predicted molar refractivity (Wildman–Crippen MR) is 120 cm³/mol. The number of benzene rings is 2. The first-order chi connectivity index (χ1) is 14.4. The Balaban J connectivity index is 1.44. The van der Waals surface area contributed by atoms with Crippen LogP contribution in [0, 0.1) is 11.8 Å². The van der Waals surface area contributed by atoms with Crippen molar-refractivity contribution in [2.24, 2.45) is 11.8 Å². The Kier molecular flexibility index (Phi) is 7.63. The maximum Gasteiger partial charge on any atom is 0.254 e. The maximum atomic E-state index is 12.3. The molecule has 0 aliphatic carbocycles. The number of hydrogen-bond donors (Lipinski definition) is 1. The molecular weight excluding hydrogens is 374 g/mol. The lowest BCUT2D eigenvalue weighted by atomic mass is 9.91. The van der Waals surface area contributed by atoms with Gasteiger partial charge in [0.05, 0.1) is 6.54 Å². The van der Waals surface area contributed by atoms with Gasteiger partial charge in [0.15, 0.2) is 0 Å². The molecule has 1 aliphatic heterocycles. The van der Waals surface area contributed by atoms with Crippen LogP contribution in [0.3, 0.4) is 0 Å². The molecule has 0 spiro atoms. The molecule has 3 rings (SSSR count). The van der Waals surface area contributed by atoms with Crippen molar-refractivity contribution in [2.45, 2.75) is 33.4 Å². The quantitative estimate of drug-likeness (QED) is 0.764. The highest BCUT2D eigenvalue weighted by Gasteiger charge is 2.21. The molecule has 1 heterocycles. The number of rotatable bonds is 7. The Hall–Kier alpha value is -2.66. The minimum absolute atomic E-state index is 0.0388. The van der Waals surface area contributed by atoms with Gasteiger partial charge >= 0.3 is 0 Å². The van der Waals surface area contributed by atoms with E-state index < -0.39 is 0 Å². The molecule has 0 bridgehead atoms. The van der Waals surface area contributed by atoms with Crippen molar-refractivity contribution in [3.63, 3.8) is 0 Å². The van der Waals surface area contributed by atoms with Crippen molar-refractivity contribution in [2.75, 3.05) is 26.7 Å². The average Bonchev–Trinajstić information content (AvgIpc) is 2.72. The fraction of sp³-hybridized carbons (Fsp3) is 0.440. The van der Waals surface area contributed by atoms with E-state index >= 15 is 0 Å². The molecule has 0 saturated carbocycles. The van der Waals surface area contributed by atoms with Crippen LogP contribution in [0.2, 0.25) is 0 Å². The molecule has 5 nitrogen and oxygen atoms in total. The topological polar surface area (TPSA) is 52.7 Å². The van der Waals surface area contributed by atoms with Crippen molar-refractivity contribution in [3.05, 3.63) is 71.3 Å². The van der Waals surface area contributed by atoms with E-state index in [1.807, 2.05) is 18.2 Å². The molecule has 1 N–H and O–H groups in total. The Morgan fingerprint density at radius 2 is 1.57 bits per heavy atom. The fourth-order valence-corrected chi connectivity index (χ4v) is 4.29. The second-order valence-corrected chi connectivity index (χ2v) is 8.76. The van der Waals surface area contributed by atoms with Crippen LogP contribution in [-0.4, -0.2) is 48.3 Å². The number of carbonyl (C=O) groups is 2. The molecular formula is C25H33N3O2. The SMILES string of the molecule is C[C@@H]1C[C@@H](C)CN(Cc2ccc(CNC(=O)CN(C)C(=O)c3ccccc3)cc2)C1. The molecule has 1 fully saturated rings. The second-order valence-electron chi connectivity index (χ2n) is 8.76. The van der Waals surface area contributed by atoms with E-state index in [0.717, 1.165) is 37.0 Å². The molecule has 0 aromatic heterocycles. The number of likely N-dealkylation sites (tertiary alicyclic amines) is 1. The Labute approximate surface area is 180 Å². The van der Waals surface area contributed by atoms with E-state index in [4.69, 9.17) is 0 Å². The normalized spacial score (nSPS) is 19.3. The standard InChI is InChI=1S/C25H33N3O2/c1-19-13-20(2)16-28(15-19)17-22-11-9-21(10-12-22)14-26-24(29)18-27(3)25(30)23-7-5-4-6-8-23/h4-12,19-20H,13-18H2,1-3H3,(H,26,29)/t19-,20-/m1/s1. The van der Waals surface area contributed by atoms with Gasteiger partial charge in [-0.2, -0.15) is 0 Å². The molecule has 1 saturated heterocycles. The summed E-state index contributed by atoms with van der Waals surface area (Å²) in [5, 5.41) is 2.91. The highest BCUT2D eigenvalue weighted by molar-refractivity contribution is 5.96. The average molecular weight is 408 g/mol. The van der Waals surface area contributed by atoms with Crippen LogP contribution in [0.15, 0.2) is 54.6 Å². The summed E-state index contributed by atoms with van der Waals surface area (Å²) >= 11 is 0. The highest BCUT2D eigenvalue weighted by atomic mass is 16.2. The van der Waals surface area contributed by atoms with Gasteiger partial charge in [0.2, 0.25) is 5.91 Å².